The Balaban J connectivity index is 0.00000144. The Morgan fingerprint density at radius 2 is 2.12 bits per heavy atom. The average Bonchev–Trinajstić information content (AvgIpc) is 2.79. The molecule has 0 amide bonds. The number of aromatic nitrogens is 4. The fraction of sp³-hybridized carbons (Fsp3) is 0.400. The van der Waals surface area contributed by atoms with E-state index in [0.29, 0.717) is 18.7 Å². The zero-order valence-corrected chi connectivity index (χ0v) is 10.5. The van der Waals surface area contributed by atoms with Gasteiger partial charge in [-0.25, -0.2) is 4.68 Å². The molecular weight excluding hydrogens is 245 g/mol. The van der Waals surface area contributed by atoms with Gasteiger partial charge >= 0.3 is 0 Å². The van der Waals surface area contributed by atoms with Gasteiger partial charge in [-0.15, -0.1) is 12.4 Å². The Bertz CT molecular complexity index is 479. The number of hydrogen-bond donors (Lipinski definition) is 1. The molecule has 0 aliphatic rings. The minimum atomic E-state index is -0.298. The molecular formula is C10H15ClFN5. The molecule has 0 aliphatic carbocycles. The smallest absolute Gasteiger partial charge is 0.215 e. The molecule has 1 N–H and O–H groups in total. The number of halogens is 2. The molecule has 17 heavy (non-hydrogen) atoms. The maximum atomic E-state index is 13.3. The molecule has 2 rings (SSSR count). The monoisotopic (exact) mass is 259 g/mol. The van der Waals surface area contributed by atoms with Crippen molar-refractivity contribution in [3.05, 3.63) is 35.7 Å². The van der Waals surface area contributed by atoms with E-state index in [1.807, 2.05) is 19.3 Å². The number of nitrogens with one attached hydrogen (secondary N) is 1. The Morgan fingerprint density at radius 3 is 2.65 bits per heavy atom. The van der Waals surface area contributed by atoms with E-state index in [4.69, 9.17) is 0 Å². The second-order valence-corrected chi connectivity index (χ2v) is 3.67. The van der Waals surface area contributed by atoms with Gasteiger partial charge in [0.05, 0.1) is 11.9 Å². The first kappa shape index (κ1) is 13.7. The molecule has 7 heteroatoms. The molecule has 0 spiro atoms. The van der Waals surface area contributed by atoms with Gasteiger partial charge in [-0.1, -0.05) is 0 Å². The Morgan fingerprint density at radius 1 is 1.35 bits per heavy atom. The summed E-state index contributed by atoms with van der Waals surface area (Å²) in [5.74, 6) is -0.298. The van der Waals surface area contributed by atoms with Crippen LogP contribution in [0.5, 0.6) is 0 Å². The first-order valence-corrected chi connectivity index (χ1v) is 5.02. The van der Waals surface area contributed by atoms with Crippen LogP contribution in [-0.4, -0.2) is 19.6 Å². The van der Waals surface area contributed by atoms with Crippen LogP contribution in [-0.2, 0) is 27.2 Å². The van der Waals surface area contributed by atoms with Crippen molar-refractivity contribution in [3.63, 3.8) is 0 Å². The van der Waals surface area contributed by atoms with Crippen LogP contribution >= 0.6 is 12.4 Å². The summed E-state index contributed by atoms with van der Waals surface area (Å²) in [6.07, 6.45) is 3.41. The molecule has 0 bridgehead atoms. The summed E-state index contributed by atoms with van der Waals surface area (Å²) in [4.78, 5) is 0. The maximum Gasteiger partial charge on any atom is 0.215 e. The van der Waals surface area contributed by atoms with Crippen LogP contribution in [0, 0.1) is 5.95 Å². The van der Waals surface area contributed by atoms with E-state index in [-0.39, 0.29) is 18.4 Å². The van der Waals surface area contributed by atoms with Gasteiger partial charge in [-0.05, 0) is 6.07 Å². The van der Waals surface area contributed by atoms with E-state index in [2.05, 4.69) is 15.5 Å². The first-order valence-electron chi connectivity index (χ1n) is 5.02. The van der Waals surface area contributed by atoms with Crippen LogP contribution < -0.4 is 5.32 Å². The summed E-state index contributed by atoms with van der Waals surface area (Å²) in [6, 6.07) is 1.92. The molecule has 5 nitrogen and oxygen atoms in total. The SMILES string of the molecule is Cl.Cn1ccc(CNCc2cnn(C)c2F)n1. The first-order chi connectivity index (χ1) is 7.66. The van der Waals surface area contributed by atoms with Crippen LogP contribution in [0.2, 0.25) is 0 Å². The predicted molar refractivity (Wildman–Crippen MR) is 64.2 cm³/mol. The standard InChI is InChI=1S/C10H14FN5.ClH/c1-15-4-3-9(14-15)7-12-5-8-6-13-16(2)10(8)11;/h3-4,6,12H,5,7H2,1-2H3;1H. The highest BCUT2D eigenvalue weighted by Gasteiger charge is 2.06. The minimum Gasteiger partial charge on any atom is -0.307 e. The number of hydrogen-bond acceptors (Lipinski definition) is 3. The van der Waals surface area contributed by atoms with Crippen LogP contribution in [0.1, 0.15) is 11.3 Å². The van der Waals surface area contributed by atoms with E-state index in [0.717, 1.165) is 5.69 Å². The fourth-order valence-corrected chi connectivity index (χ4v) is 1.47. The quantitative estimate of drug-likeness (QED) is 0.891. The normalized spacial score (nSPS) is 10.3. The van der Waals surface area contributed by atoms with Gasteiger partial charge in [0.2, 0.25) is 5.95 Å². The van der Waals surface area contributed by atoms with Gasteiger partial charge in [0.1, 0.15) is 0 Å². The largest absolute Gasteiger partial charge is 0.307 e. The van der Waals surface area contributed by atoms with Gasteiger partial charge in [-0.2, -0.15) is 14.6 Å². The lowest BCUT2D eigenvalue weighted by atomic mass is 10.3. The van der Waals surface area contributed by atoms with Gasteiger partial charge in [-0.3, -0.25) is 4.68 Å². The summed E-state index contributed by atoms with van der Waals surface area (Å²) >= 11 is 0. The molecule has 2 aromatic rings. The molecule has 0 atom stereocenters. The Labute approximate surface area is 105 Å². The van der Waals surface area contributed by atoms with Crippen LogP contribution in [0.25, 0.3) is 0 Å². The molecule has 0 saturated heterocycles. The molecule has 0 radical (unpaired) electrons. The molecule has 0 fully saturated rings. The summed E-state index contributed by atoms with van der Waals surface area (Å²) in [6.45, 7) is 1.07. The van der Waals surface area contributed by atoms with Gasteiger partial charge in [0, 0.05) is 38.9 Å². The fourth-order valence-electron chi connectivity index (χ4n) is 1.47. The third-order valence-corrected chi connectivity index (χ3v) is 2.33. The molecule has 0 saturated carbocycles. The van der Waals surface area contributed by atoms with Crippen molar-refractivity contribution >= 4 is 12.4 Å². The number of rotatable bonds is 4. The highest BCUT2D eigenvalue weighted by atomic mass is 35.5. The topological polar surface area (TPSA) is 47.7 Å². The molecule has 2 heterocycles. The van der Waals surface area contributed by atoms with Crippen LogP contribution in [0.3, 0.4) is 0 Å². The average molecular weight is 260 g/mol. The zero-order chi connectivity index (χ0) is 11.5. The molecule has 0 unspecified atom stereocenters. The Kier molecular flexibility index (Phi) is 4.65. The zero-order valence-electron chi connectivity index (χ0n) is 9.72. The predicted octanol–water partition coefficient (Wildman–Crippen LogP) is 1.00. The van der Waals surface area contributed by atoms with E-state index < -0.39 is 0 Å². The Hall–Kier alpha value is -1.40. The lowest BCUT2D eigenvalue weighted by molar-refractivity contribution is 0.489. The van der Waals surface area contributed by atoms with E-state index in [1.165, 1.54) is 10.9 Å². The maximum absolute atomic E-state index is 13.3. The summed E-state index contributed by atoms with van der Waals surface area (Å²) in [5.41, 5.74) is 1.50. The van der Waals surface area contributed by atoms with Gasteiger partial charge in [0.25, 0.3) is 0 Å². The lowest BCUT2D eigenvalue weighted by Crippen LogP contribution is -2.14. The molecule has 0 aromatic carbocycles. The van der Waals surface area contributed by atoms with Crippen molar-refractivity contribution in [2.24, 2.45) is 14.1 Å². The number of nitrogens with zero attached hydrogens (tertiary/aromatic N) is 4. The minimum absolute atomic E-state index is 0. The van der Waals surface area contributed by atoms with Crippen LogP contribution in [0.15, 0.2) is 18.5 Å². The summed E-state index contributed by atoms with van der Waals surface area (Å²) < 4.78 is 16.3. The summed E-state index contributed by atoms with van der Waals surface area (Å²) in [5, 5.41) is 11.2. The van der Waals surface area contributed by atoms with Crippen molar-refractivity contribution in [3.8, 4) is 0 Å². The van der Waals surface area contributed by atoms with Crippen molar-refractivity contribution in [1.82, 2.24) is 24.9 Å². The van der Waals surface area contributed by atoms with E-state index in [9.17, 15) is 4.39 Å². The molecule has 2 aromatic heterocycles. The molecule has 0 aliphatic heterocycles. The highest BCUT2D eigenvalue weighted by molar-refractivity contribution is 5.85. The second-order valence-electron chi connectivity index (χ2n) is 3.67. The van der Waals surface area contributed by atoms with E-state index >= 15 is 0 Å². The second kappa shape index (κ2) is 5.79. The third-order valence-electron chi connectivity index (χ3n) is 2.33. The van der Waals surface area contributed by atoms with Gasteiger partial charge < -0.3 is 5.32 Å². The van der Waals surface area contributed by atoms with Crippen molar-refractivity contribution in [2.75, 3.05) is 0 Å². The lowest BCUT2D eigenvalue weighted by Gasteiger charge is -2.00. The number of aryl methyl sites for hydroxylation is 2. The van der Waals surface area contributed by atoms with Crippen LogP contribution in [0.4, 0.5) is 4.39 Å². The van der Waals surface area contributed by atoms with Crippen molar-refractivity contribution in [1.29, 1.82) is 0 Å². The summed E-state index contributed by atoms with van der Waals surface area (Å²) in [7, 11) is 3.45. The molecule has 94 valence electrons. The van der Waals surface area contributed by atoms with E-state index in [1.54, 1.807) is 11.7 Å². The van der Waals surface area contributed by atoms with Gasteiger partial charge in [0.15, 0.2) is 0 Å². The van der Waals surface area contributed by atoms with Crippen molar-refractivity contribution in [2.45, 2.75) is 13.1 Å². The third kappa shape index (κ3) is 3.28. The van der Waals surface area contributed by atoms with Crippen molar-refractivity contribution < 1.29 is 4.39 Å². The highest BCUT2D eigenvalue weighted by Crippen LogP contribution is 2.04.